The predicted octanol–water partition coefficient (Wildman–Crippen LogP) is 1.64. The minimum absolute atomic E-state index is 0.104. The second-order valence-corrected chi connectivity index (χ2v) is 4.09. The van der Waals surface area contributed by atoms with Crippen LogP contribution in [0.3, 0.4) is 0 Å². The summed E-state index contributed by atoms with van der Waals surface area (Å²) in [6.45, 7) is 0. The van der Waals surface area contributed by atoms with E-state index in [-0.39, 0.29) is 6.23 Å². The van der Waals surface area contributed by atoms with Crippen LogP contribution >= 0.6 is 0 Å². The van der Waals surface area contributed by atoms with E-state index in [9.17, 15) is 0 Å². The molecule has 84 valence electrons. The molecule has 0 saturated heterocycles. The molecule has 17 heavy (non-hydrogen) atoms. The summed E-state index contributed by atoms with van der Waals surface area (Å²) < 4.78 is 5.62. The Labute approximate surface area is 99.9 Å². The molecule has 2 nitrogen and oxygen atoms in total. The number of hydrogen-bond acceptors (Lipinski definition) is 2. The Hall–Kier alpha value is -2.09. The number of para-hydroxylation sites is 1. The molecule has 1 aliphatic heterocycles. The van der Waals surface area contributed by atoms with Crippen LogP contribution in [0, 0.1) is 0 Å². The molecule has 2 heteroatoms. The quantitative estimate of drug-likeness (QED) is 0.758. The van der Waals surface area contributed by atoms with Gasteiger partial charge in [-0.25, -0.2) is 4.99 Å². The molecule has 2 aromatic rings. The summed E-state index contributed by atoms with van der Waals surface area (Å²) in [6, 6.07) is 18.3. The molecule has 0 N–H and O–H groups in total. The number of nitrogens with zero attached hydrogens (tertiary/aromatic N) is 1. The standard InChI is InChI=1S/C15H13NO/c1-2-6-12(7-3-1)10-15-16-14-9-5-4-8-13(14)11-17-15/h1-9,11,15H,10H2. The van der Waals surface area contributed by atoms with Crippen molar-refractivity contribution < 1.29 is 4.74 Å². The molecule has 0 radical (unpaired) electrons. The van der Waals surface area contributed by atoms with Crippen LogP contribution in [0.25, 0.3) is 6.26 Å². The lowest BCUT2D eigenvalue weighted by atomic mass is 10.1. The highest BCUT2D eigenvalue weighted by Crippen LogP contribution is 2.07. The highest BCUT2D eigenvalue weighted by Gasteiger charge is 2.09. The number of fused-ring (bicyclic) bond motifs is 1. The highest BCUT2D eigenvalue weighted by atomic mass is 16.5. The Balaban J connectivity index is 1.87. The number of ether oxygens (including phenoxy) is 1. The van der Waals surface area contributed by atoms with Crippen molar-refractivity contribution in [3.8, 4) is 0 Å². The zero-order valence-corrected chi connectivity index (χ0v) is 9.41. The van der Waals surface area contributed by atoms with Crippen LogP contribution in [-0.4, -0.2) is 6.23 Å². The van der Waals surface area contributed by atoms with Gasteiger partial charge in [0.2, 0.25) is 0 Å². The summed E-state index contributed by atoms with van der Waals surface area (Å²) in [4.78, 5) is 4.59. The molecule has 1 atom stereocenters. The fraction of sp³-hybridized carbons (Fsp3) is 0.133. The summed E-state index contributed by atoms with van der Waals surface area (Å²) in [5.74, 6) is 0. The molecule has 1 heterocycles. The van der Waals surface area contributed by atoms with Crippen LogP contribution in [-0.2, 0) is 11.2 Å². The van der Waals surface area contributed by atoms with E-state index >= 15 is 0 Å². The summed E-state index contributed by atoms with van der Waals surface area (Å²) in [5, 5.41) is 2.07. The number of hydrogen-bond donors (Lipinski definition) is 0. The smallest absolute Gasteiger partial charge is 0.193 e. The highest BCUT2D eigenvalue weighted by molar-refractivity contribution is 5.21. The van der Waals surface area contributed by atoms with Gasteiger partial charge in [-0.1, -0.05) is 42.5 Å². The van der Waals surface area contributed by atoms with Crippen molar-refractivity contribution in [1.82, 2.24) is 0 Å². The molecule has 1 aliphatic rings. The van der Waals surface area contributed by atoms with E-state index in [4.69, 9.17) is 4.74 Å². The van der Waals surface area contributed by atoms with Gasteiger partial charge in [0.15, 0.2) is 6.23 Å². The zero-order chi connectivity index (χ0) is 11.5. The van der Waals surface area contributed by atoms with Gasteiger partial charge in [-0.15, -0.1) is 0 Å². The molecule has 2 aromatic carbocycles. The maximum absolute atomic E-state index is 5.62. The molecule has 0 aliphatic carbocycles. The van der Waals surface area contributed by atoms with Crippen molar-refractivity contribution in [2.75, 3.05) is 0 Å². The minimum Gasteiger partial charge on any atom is -0.475 e. The van der Waals surface area contributed by atoms with Crippen molar-refractivity contribution in [2.45, 2.75) is 12.6 Å². The summed E-state index contributed by atoms with van der Waals surface area (Å²) in [6.07, 6.45) is 2.51. The van der Waals surface area contributed by atoms with Gasteiger partial charge in [0.1, 0.15) is 0 Å². The monoisotopic (exact) mass is 223 g/mol. The van der Waals surface area contributed by atoms with Crippen molar-refractivity contribution in [2.24, 2.45) is 4.99 Å². The average molecular weight is 223 g/mol. The van der Waals surface area contributed by atoms with E-state index in [0.29, 0.717) is 0 Å². The lowest BCUT2D eigenvalue weighted by molar-refractivity contribution is 0.179. The second-order valence-electron chi connectivity index (χ2n) is 4.09. The second kappa shape index (κ2) is 4.42. The van der Waals surface area contributed by atoms with Crippen molar-refractivity contribution in [3.05, 3.63) is 70.7 Å². The first-order chi connectivity index (χ1) is 8.42. The van der Waals surface area contributed by atoms with Gasteiger partial charge in [0, 0.05) is 11.6 Å². The molecule has 0 saturated carbocycles. The van der Waals surface area contributed by atoms with E-state index in [1.165, 1.54) is 5.56 Å². The molecule has 0 aromatic heterocycles. The summed E-state index contributed by atoms with van der Waals surface area (Å²) in [5.41, 5.74) is 1.24. The Bertz CT molecular complexity index is 619. The third-order valence-corrected chi connectivity index (χ3v) is 2.83. The van der Waals surface area contributed by atoms with Gasteiger partial charge < -0.3 is 4.74 Å². The normalized spacial score (nSPS) is 17.3. The Morgan fingerprint density at radius 1 is 0.941 bits per heavy atom. The summed E-state index contributed by atoms with van der Waals surface area (Å²) in [7, 11) is 0. The van der Waals surface area contributed by atoms with E-state index in [1.54, 1.807) is 6.26 Å². The molecule has 0 amide bonds. The third-order valence-electron chi connectivity index (χ3n) is 2.83. The zero-order valence-electron chi connectivity index (χ0n) is 9.41. The van der Waals surface area contributed by atoms with E-state index < -0.39 is 0 Å². The molecule has 1 unspecified atom stereocenters. The average Bonchev–Trinajstić information content (AvgIpc) is 2.40. The Morgan fingerprint density at radius 2 is 1.71 bits per heavy atom. The van der Waals surface area contributed by atoms with Crippen LogP contribution in [0.15, 0.2) is 59.6 Å². The first kappa shape index (κ1) is 10.1. The topological polar surface area (TPSA) is 21.6 Å². The molecule has 0 spiro atoms. The predicted molar refractivity (Wildman–Crippen MR) is 66.7 cm³/mol. The van der Waals surface area contributed by atoms with Gasteiger partial charge in [-0.3, -0.25) is 0 Å². The van der Waals surface area contributed by atoms with Crippen LogP contribution in [0.5, 0.6) is 0 Å². The maximum Gasteiger partial charge on any atom is 0.193 e. The van der Waals surface area contributed by atoms with E-state index in [1.807, 2.05) is 42.5 Å². The fourth-order valence-corrected chi connectivity index (χ4v) is 1.95. The van der Waals surface area contributed by atoms with Crippen molar-refractivity contribution >= 4 is 6.26 Å². The third kappa shape index (κ3) is 2.21. The van der Waals surface area contributed by atoms with Gasteiger partial charge in [0.05, 0.1) is 11.6 Å². The largest absolute Gasteiger partial charge is 0.475 e. The van der Waals surface area contributed by atoms with Crippen molar-refractivity contribution in [3.63, 3.8) is 0 Å². The Kier molecular flexibility index (Phi) is 2.62. The van der Waals surface area contributed by atoms with E-state index in [2.05, 4.69) is 17.1 Å². The molecule has 3 rings (SSSR count). The van der Waals surface area contributed by atoms with Crippen LogP contribution < -0.4 is 10.6 Å². The SMILES string of the molecule is C1=c2ccccc2=NC(Cc2ccccc2)O1. The number of benzene rings is 2. The maximum atomic E-state index is 5.62. The van der Waals surface area contributed by atoms with Gasteiger partial charge >= 0.3 is 0 Å². The van der Waals surface area contributed by atoms with Crippen LogP contribution in [0.1, 0.15) is 5.56 Å². The minimum atomic E-state index is -0.104. The lowest BCUT2D eigenvalue weighted by Crippen LogP contribution is -2.32. The van der Waals surface area contributed by atoms with Crippen LogP contribution in [0.4, 0.5) is 0 Å². The van der Waals surface area contributed by atoms with Gasteiger partial charge in [-0.2, -0.15) is 0 Å². The molecular weight excluding hydrogens is 210 g/mol. The van der Waals surface area contributed by atoms with Gasteiger partial charge in [0.25, 0.3) is 0 Å². The van der Waals surface area contributed by atoms with E-state index in [0.717, 1.165) is 17.0 Å². The molecule has 0 fully saturated rings. The van der Waals surface area contributed by atoms with Gasteiger partial charge in [-0.05, 0) is 17.7 Å². The molecule has 0 bridgehead atoms. The number of rotatable bonds is 2. The van der Waals surface area contributed by atoms with Crippen molar-refractivity contribution in [1.29, 1.82) is 0 Å². The summed E-state index contributed by atoms with van der Waals surface area (Å²) >= 11 is 0. The lowest BCUT2D eigenvalue weighted by Gasteiger charge is -2.15. The first-order valence-electron chi connectivity index (χ1n) is 5.74. The fourth-order valence-electron chi connectivity index (χ4n) is 1.95. The first-order valence-corrected chi connectivity index (χ1v) is 5.74. The molecular formula is C15H13NO. The van der Waals surface area contributed by atoms with Crippen LogP contribution in [0.2, 0.25) is 0 Å². The Morgan fingerprint density at radius 3 is 2.59 bits per heavy atom.